The van der Waals surface area contributed by atoms with Crippen LogP contribution in [0.25, 0.3) is 0 Å². The Morgan fingerprint density at radius 1 is 1.42 bits per heavy atom. The Balaban J connectivity index is 2.00. The van der Waals surface area contributed by atoms with Crippen molar-refractivity contribution in [2.24, 2.45) is 5.41 Å². The van der Waals surface area contributed by atoms with E-state index in [0.717, 1.165) is 31.5 Å². The molecule has 104 valence electrons. The van der Waals surface area contributed by atoms with E-state index in [-0.39, 0.29) is 17.4 Å². The fourth-order valence-corrected chi connectivity index (χ4v) is 2.58. The van der Waals surface area contributed by atoms with Crippen molar-refractivity contribution in [2.75, 3.05) is 13.1 Å². The first-order valence-corrected chi connectivity index (χ1v) is 7.16. The summed E-state index contributed by atoms with van der Waals surface area (Å²) in [6.07, 6.45) is 2.00. The van der Waals surface area contributed by atoms with Crippen molar-refractivity contribution in [1.82, 2.24) is 10.6 Å². The third-order valence-corrected chi connectivity index (χ3v) is 4.12. The van der Waals surface area contributed by atoms with Crippen molar-refractivity contribution in [2.45, 2.75) is 32.7 Å². The minimum atomic E-state index is -0.293. The fraction of sp³-hybridized carbons (Fsp3) is 0.533. The molecule has 4 heteroatoms. The molecule has 1 aliphatic rings. The van der Waals surface area contributed by atoms with E-state index in [1.807, 2.05) is 38.1 Å². The van der Waals surface area contributed by atoms with Crippen molar-refractivity contribution in [3.8, 4) is 0 Å². The maximum atomic E-state index is 12.4. The molecule has 2 N–H and O–H groups in total. The van der Waals surface area contributed by atoms with Crippen LogP contribution in [-0.2, 0) is 4.79 Å². The Morgan fingerprint density at radius 2 is 2.11 bits per heavy atom. The molecule has 0 spiro atoms. The monoisotopic (exact) mass is 280 g/mol. The van der Waals surface area contributed by atoms with E-state index in [2.05, 4.69) is 10.6 Å². The van der Waals surface area contributed by atoms with Gasteiger partial charge in [0.25, 0.3) is 0 Å². The van der Waals surface area contributed by atoms with Gasteiger partial charge < -0.3 is 10.6 Å². The molecule has 1 amide bonds. The molecule has 0 radical (unpaired) electrons. The van der Waals surface area contributed by atoms with Crippen LogP contribution in [0.15, 0.2) is 24.3 Å². The molecule has 19 heavy (non-hydrogen) atoms. The molecule has 0 aliphatic carbocycles. The number of nitrogens with one attached hydrogen (secondary N) is 2. The van der Waals surface area contributed by atoms with Gasteiger partial charge in [0.2, 0.25) is 5.91 Å². The van der Waals surface area contributed by atoms with Crippen LogP contribution in [0.1, 0.15) is 38.3 Å². The Labute approximate surface area is 119 Å². The summed E-state index contributed by atoms with van der Waals surface area (Å²) in [4.78, 5) is 12.4. The van der Waals surface area contributed by atoms with Crippen LogP contribution >= 0.6 is 11.6 Å². The summed E-state index contributed by atoms with van der Waals surface area (Å²) in [7, 11) is 0. The van der Waals surface area contributed by atoms with Gasteiger partial charge in [-0.25, -0.2) is 0 Å². The first-order chi connectivity index (χ1) is 9.01. The molecule has 1 aliphatic heterocycles. The molecular formula is C15H21ClN2O. The lowest BCUT2D eigenvalue weighted by Gasteiger charge is -2.33. The quantitative estimate of drug-likeness (QED) is 0.894. The summed E-state index contributed by atoms with van der Waals surface area (Å²) >= 11 is 5.87. The van der Waals surface area contributed by atoms with E-state index < -0.39 is 0 Å². The SMILES string of the molecule is C[C@@H](NC(=O)C1(C)CCCNC1)c1ccc(Cl)cc1. The lowest BCUT2D eigenvalue weighted by Crippen LogP contribution is -2.49. The van der Waals surface area contributed by atoms with Gasteiger partial charge in [-0.05, 0) is 50.9 Å². The molecule has 2 rings (SSSR count). The molecule has 0 aromatic heterocycles. The van der Waals surface area contributed by atoms with E-state index >= 15 is 0 Å². The highest BCUT2D eigenvalue weighted by Gasteiger charge is 2.35. The highest BCUT2D eigenvalue weighted by atomic mass is 35.5. The number of carbonyl (C=O) groups excluding carboxylic acids is 1. The molecular weight excluding hydrogens is 260 g/mol. The van der Waals surface area contributed by atoms with Gasteiger partial charge in [-0.3, -0.25) is 4.79 Å². The molecule has 1 aromatic rings. The minimum Gasteiger partial charge on any atom is -0.349 e. The Morgan fingerprint density at radius 3 is 2.68 bits per heavy atom. The van der Waals surface area contributed by atoms with Crippen LogP contribution < -0.4 is 10.6 Å². The average Bonchev–Trinajstić information content (AvgIpc) is 2.40. The van der Waals surface area contributed by atoms with Gasteiger partial charge in [-0.15, -0.1) is 0 Å². The van der Waals surface area contributed by atoms with Gasteiger partial charge in [0.05, 0.1) is 11.5 Å². The average molecular weight is 281 g/mol. The molecule has 0 bridgehead atoms. The van der Waals surface area contributed by atoms with E-state index in [9.17, 15) is 4.79 Å². The number of carbonyl (C=O) groups is 1. The van der Waals surface area contributed by atoms with Crippen LogP contribution in [0, 0.1) is 5.41 Å². The number of hydrogen-bond donors (Lipinski definition) is 2. The van der Waals surface area contributed by atoms with Gasteiger partial charge in [0.15, 0.2) is 0 Å². The summed E-state index contributed by atoms with van der Waals surface area (Å²) in [6, 6.07) is 7.61. The fourth-order valence-electron chi connectivity index (χ4n) is 2.46. The molecule has 1 fully saturated rings. The lowest BCUT2D eigenvalue weighted by atomic mass is 9.81. The predicted octanol–water partition coefficient (Wildman–Crippen LogP) is 2.91. The maximum Gasteiger partial charge on any atom is 0.227 e. The number of rotatable bonds is 3. The van der Waals surface area contributed by atoms with Gasteiger partial charge in [-0.1, -0.05) is 23.7 Å². The Bertz CT molecular complexity index is 438. The molecule has 3 nitrogen and oxygen atoms in total. The van der Waals surface area contributed by atoms with Crippen molar-refractivity contribution < 1.29 is 4.79 Å². The highest BCUT2D eigenvalue weighted by molar-refractivity contribution is 6.30. The second-order valence-corrected chi connectivity index (χ2v) is 6.02. The van der Waals surface area contributed by atoms with Crippen molar-refractivity contribution >= 4 is 17.5 Å². The smallest absolute Gasteiger partial charge is 0.227 e. The molecule has 1 aromatic carbocycles. The Hall–Kier alpha value is -1.06. The van der Waals surface area contributed by atoms with Crippen molar-refractivity contribution in [1.29, 1.82) is 0 Å². The van der Waals surface area contributed by atoms with Gasteiger partial charge in [-0.2, -0.15) is 0 Å². The summed E-state index contributed by atoms with van der Waals surface area (Å²) in [5.41, 5.74) is 0.781. The molecule has 1 unspecified atom stereocenters. The van der Waals surface area contributed by atoms with Crippen molar-refractivity contribution in [3.63, 3.8) is 0 Å². The first-order valence-electron chi connectivity index (χ1n) is 6.78. The second-order valence-electron chi connectivity index (χ2n) is 5.59. The molecule has 0 saturated carbocycles. The predicted molar refractivity (Wildman–Crippen MR) is 78.2 cm³/mol. The topological polar surface area (TPSA) is 41.1 Å². The van der Waals surface area contributed by atoms with Crippen LogP contribution in [-0.4, -0.2) is 19.0 Å². The zero-order valence-corrected chi connectivity index (χ0v) is 12.3. The maximum absolute atomic E-state index is 12.4. The normalized spacial score (nSPS) is 24.8. The number of piperidine rings is 1. The molecule has 1 saturated heterocycles. The standard InChI is InChI=1S/C15H21ClN2O/c1-11(12-4-6-13(16)7-5-12)18-14(19)15(2)8-3-9-17-10-15/h4-7,11,17H,3,8-10H2,1-2H3,(H,18,19)/t11-,15?/m1/s1. The minimum absolute atomic E-state index is 0.00326. The largest absolute Gasteiger partial charge is 0.349 e. The number of benzene rings is 1. The van der Waals surface area contributed by atoms with Crippen molar-refractivity contribution in [3.05, 3.63) is 34.9 Å². The highest BCUT2D eigenvalue weighted by Crippen LogP contribution is 2.27. The summed E-state index contributed by atoms with van der Waals surface area (Å²) in [5.74, 6) is 0.127. The van der Waals surface area contributed by atoms with E-state index in [4.69, 9.17) is 11.6 Å². The first kappa shape index (κ1) is 14.4. The molecule has 1 heterocycles. The molecule has 2 atom stereocenters. The third-order valence-electron chi connectivity index (χ3n) is 3.86. The van der Waals surface area contributed by atoms with Crippen LogP contribution in [0.3, 0.4) is 0 Å². The zero-order valence-electron chi connectivity index (χ0n) is 11.5. The van der Waals surface area contributed by atoms with Gasteiger partial charge in [0.1, 0.15) is 0 Å². The van der Waals surface area contributed by atoms with E-state index in [0.29, 0.717) is 5.02 Å². The Kier molecular flexibility index (Phi) is 4.48. The number of hydrogen-bond acceptors (Lipinski definition) is 2. The van der Waals surface area contributed by atoms with E-state index in [1.54, 1.807) is 0 Å². The number of halogens is 1. The summed E-state index contributed by atoms with van der Waals surface area (Å²) in [6.45, 7) is 5.80. The zero-order chi connectivity index (χ0) is 13.9. The van der Waals surface area contributed by atoms with Gasteiger partial charge in [0, 0.05) is 11.6 Å². The number of amides is 1. The summed E-state index contributed by atoms with van der Waals surface area (Å²) < 4.78 is 0. The summed E-state index contributed by atoms with van der Waals surface area (Å²) in [5, 5.41) is 7.12. The second kappa shape index (κ2) is 5.93. The lowest BCUT2D eigenvalue weighted by molar-refractivity contribution is -0.131. The third kappa shape index (κ3) is 3.48. The van der Waals surface area contributed by atoms with E-state index in [1.165, 1.54) is 0 Å². The van der Waals surface area contributed by atoms with Gasteiger partial charge >= 0.3 is 0 Å². The van der Waals surface area contributed by atoms with Crippen LogP contribution in [0.4, 0.5) is 0 Å². The van der Waals surface area contributed by atoms with Crippen LogP contribution in [0.5, 0.6) is 0 Å². The van der Waals surface area contributed by atoms with Crippen LogP contribution in [0.2, 0.25) is 5.02 Å².